The fraction of sp³-hybridized carbons (Fsp3) is 0.318. The molecule has 1 fully saturated rings. The molecule has 0 aliphatic carbocycles. The lowest BCUT2D eigenvalue weighted by atomic mass is 9.97. The lowest BCUT2D eigenvalue weighted by Gasteiger charge is -2.30. The first kappa shape index (κ1) is 23.6. The number of rotatable bonds is 6. The summed E-state index contributed by atoms with van der Waals surface area (Å²) in [6.07, 6.45) is 0.662. The van der Waals surface area contributed by atoms with Gasteiger partial charge < -0.3 is 5.32 Å². The number of benzene rings is 2. The van der Waals surface area contributed by atoms with Gasteiger partial charge in [-0.1, -0.05) is 12.1 Å². The summed E-state index contributed by atoms with van der Waals surface area (Å²) in [5.41, 5.74) is 0.812. The van der Waals surface area contributed by atoms with Crippen molar-refractivity contribution in [1.29, 1.82) is 0 Å². The zero-order chi connectivity index (χ0) is 24.5. The van der Waals surface area contributed by atoms with Crippen LogP contribution in [0.4, 0.5) is 10.1 Å². The van der Waals surface area contributed by atoms with E-state index in [0.717, 1.165) is 0 Å². The number of hydrogen-bond donors (Lipinski definition) is 1. The number of nitrogens with zero attached hydrogens (tertiary/aromatic N) is 5. The Hall–Kier alpha value is -3.51. The summed E-state index contributed by atoms with van der Waals surface area (Å²) < 4.78 is 42.8. The monoisotopic (exact) mass is 486 g/mol. The van der Waals surface area contributed by atoms with Crippen molar-refractivity contribution in [3.05, 3.63) is 59.7 Å². The molecule has 178 valence electrons. The quantitative estimate of drug-likeness (QED) is 0.530. The van der Waals surface area contributed by atoms with Crippen molar-refractivity contribution in [3.8, 4) is 5.69 Å². The van der Waals surface area contributed by atoms with E-state index in [4.69, 9.17) is 0 Å². The van der Waals surface area contributed by atoms with Gasteiger partial charge in [-0.3, -0.25) is 9.59 Å². The Labute approximate surface area is 195 Å². The van der Waals surface area contributed by atoms with E-state index in [1.54, 1.807) is 13.0 Å². The van der Waals surface area contributed by atoms with Crippen LogP contribution in [0, 0.1) is 18.7 Å². The third-order valence-corrected chi connectivity index (χ3v) is 7.66. The van der Waals surface area contributed by atoms with E-state index >= 15 is 0 Å². The Morgan fingerprint density at radius 2 is 1.85 bits per heavy atom. The van der Waals surface area contributed by atoms with Crippen LogP contribution < -0.4 is 5.32 Å². The number of tetrazole rings is 1. The summed E-state index contributed by atoms with van der Waals surface area (Å²) in [4.78, 5) is 24.5. The minimum atomic E-state index is -3.78. The minimum absolute atomic E-state index is 0.0554. The molecule has 34 heavy (non-hydrogen) atoms. The van der Waals surface area contributed by atoms with Crippen LogP contribution in [0.15, 0.2) is 47.4 Å². The zero-order valence-electron chi connectivity index (χ0n) is 18.6. The number of Topliss-reactive ketones (excluding diaryl/α,β-unsaturated/α-hetero) is 1. The van der Waals surface area contributed by atoms with E-state index in [0.29, 0.717) is 29.9 Å². The standard InChI is InChI=1S/C22H23FN6O4S/c1-14(30)17-4-3-5-19(12-17)34(32,33)28-10-8-16(9-11-28)22(31)24-18-6-7-20(23)21(13-18)29-15(2)25-26-27-29/h3-7,12-13,16H,8-11H2,1-2H3,(H,24,31). The topological polar surface area (TPSA) is 127 Å². The van der Waals surface area contributed by atoms with Gasteiger partial charge in [-0.25, -0.2) is 12.8 Å². The average molecular weight is 487 g/mol. The van der Waals surface area contributed by atoms with Crippen LogP contribution in [-0.2, 0) is 14.8 Å². The van der Waals surface area contributed by atoms with Gasteiger partial charge in [0.05, 0.1) is 4.90 Å². The Bertz CT molecular complexity index is 1350. The lowest BCUT2D eigenvalue weighted by Crippen LogP contribution is -2.41. The number of aromatic nitrogens is 4. The fourth-order valence-electron chi connectivity index (χ4n) is 3.83. The largest absolute Gasteiger partial charge is 0.326 e. The van der Waals surface area contributed by atoms with Crippen LogP contribution in [-0.4, -0.2) is 57.7 Å². The molecule has 10 nitrogen and oxygen atoms in total. The normalized spacial score (nSPS) is 15.3. The van der Waals surface area contributed by atoms with Crippen molar-refractivity contribution in [3.63, 3.8) is 0 Å². The molecule has 2 aromatic carbocycles. The Kier molecular flexibility index (Phi) is 6.53. The molecule has 4 rings (SSSR count). The van der Waals surface area contributed by atoms with Crippen molar-refractivity contribution in [2.75, 3.05) is 18.4 Å². The summed E-state index contributed by atoms with van der Waals surface area (Å²) in [6, 6.07) is 10.0. The number of aryl methyl sites for hydroxylation is 1. The van der Waals surface area contributed by atoms with E-state index in [9.17, 15) is 22.4 Å². The molecule has 0 spiro atoms. The van der Waals surface area contributed by atoms with Gasteiger partial charge in [-0.15, -0.1) is 5.10 Å². The van der Waals surface area contributed by atoms with Crippen LogP contribution in [0.25, 0.3) is 5.69 Å². The van der Waals surface area contributed by atoms with Gasteiger partial charge in [0, 0.05) is 30.3 Å². The molecule has 3 aromatic rings. The van der Waals surface area contributed by atoms with E-state index in [1.165, 1.54) is 52.3 Å². The lowest BCUT2D eigenvalue weighted by molar-refractivity contribution is -0.120. The number of carbonyl (C=O) groups excluding carboxylic acids is 2. The highest BCUT2D eigenvalue weighted by molar-refractivity contribution is 7.89. The van der Waals surface area contributed by atoms with Crippen LogP contribution >= 0.6 is 0 Å². The van der Waals surface area contributed by atoms with Crippen molar-refractivity contribution >= 4 is 27.4 Å². The zero-order valence-corrected chi connectivity index (χ0v) is 19.4. The molecule has 0 bridgehead atoms. The third-order valence-electron chi connectivity index (χ3n) is 5.77. The predicted octanol–water partition coefficient (Wildman–Crippen LogP) is 2.35. The first-order chi connectivity index (χ1) is 16.2. The SMILES string of the molecule is CC(=O)c1cccc(S(=O)(=O)N2CCC(C(=O)Nc3ccc(F)c(-n4nnnc4C)c3)CC2)c1. The van der Waals surface area contributed by atoms with Crippen LogP contribution in [0.3, 0.4) is 0 Å². The highest BCUT2D eigenvalue weighted by atomic mass is 32.2. The van der Waals surface area contributed by atoms with Gasteiger partial charge in [0.15, 0.2) is 11.6 Å². The summed E-state index contributed by atoms with van der Waals surface area (Å²) in [5.74, 6) is -1.04. The number of nitrogens with one attached hydrogen (secondary N) is 1. The number of halogens is 1. The second-order valence-electron chi connectivity index (χ2n) is 8.06. The minimum Gasteiger partial charge on any atom is -0.326 e. The summed E-state index contributed by atoms with van der Waals surface area (Å²) in [5, 5.41) is 13.8. The molecular formula is C22H23FN6O4S. The number of anilines is 1. The van der Waals surface area contributed by atoms with Crippen LogP contribution in [0.5, 0.6) is 0 Å². The number of hydrogen-bond acceptors (Lipinski definition) is 7. The molecule has 1 aliphatic rings. The summed E-state index contributed by atoms with van der Waals surface area (Å²) >= 11 is 0. The maximum atomic E-state index is 14.3. The Morgan fingerprint density at radius 3 is 2.50 bits per heavy atom. The van der Waals surface area contributed by atoms with Gasteiger partial charge >= 0.3 is 0 Å². The molecule has 2 heterocycles. The van der Waals surface area contributed by atoms with Gasteiger partial charge in [0.2, 0.25) is 15.9 Å². The predicted molar refractivity (Wildman–Crippen MR) is 120 cm³/mol. The summed E-state index contributed by atoms with van der Waals surface area (Å²) in [7, 11) is -3.78. The van der Waals surface area contributed by atoms with Crippen molar-refractivity contribution < 1.29 is 22.4 Å². The van der Waals surface area contributed by atoms with E-state index in [2.05, 4.69) is 20.8 Å². The molecule has 0 atom stereocenters. The smallest absolute Gasteiger partial charge is 0.243 e. The molecule has 0 saturated carbocycles. The van der Waals surface area contributed by atoms with Gasteiger partial charge in [0.1, 0.15) is 11.5 Å². The maximum absolute atomic E-state index is 14.3. The molecule has 0 radical (unpaired) electrons. The molecular weight excluding hydrogens is 463 g/mol. The molecule has 1 aromatic heterocycles. The van der Waals surface area contributed by atoms with Crippen molar-refractivity contribution in [1.82, 2.24) is 24.5 Å². The maximum Gasteiger partial charge on any atom is 0.243 e. The summed E-state index contributed by atoms with van der Waals surface area (Å²) in [6.45, 7) is 3.35. The Balaban J connectivity index is 1.42. The number of piperidine rings is 1. The fourth-order valence-corrected chi connectivity index (χ4v) is 5.35. The van der Waals surface area contributed by atoms with Gasteiger partial charge in [-0.2, -0.15) is 8.99 Å². The molecule has 0 unspecified atom stereocenters. The molecule has 12 heteroatoms. The highest BCUT2D eigenvalue weighted by Crippen LogP contribution is 2.26. The molecule has 1 amide bonds. The van der Waals surface area contributed by atoms with E-state index in [-0.39, 0.29) is 35.4 Å². The first-order valence-electron chi connectivity index (χ1n) is 10.6. The second-order valence-corrected chi connectivity index (χ2v) is 9.99. The molecule has 1 aliphatic heterocycles. The molecule has 1 saturated heterocycles. The number of ketones is 1. The van der Waals surface area contributed by atoms with Crippen molar-refractivity contribution in [2.24, 2.45) is 5.92 Å². The third kappa shape index (κ3) is 4.73. The molecule has 1 N–H and O–H groups in total. The van der Waals surface area contributed by atoms with Crippen LogP contribution in [0.2, 0.25) is 0 Å². The van der Waals surface area contributed by atoms with Crippen LogP contribution in [0.1, 0.15) is 35.9 Å². The second kappa shape index (κ2) is 9.39. The number of carbonyl (C=O) groups is 2. The number of sulfonamides is 1. The first-order valence-corrected chi connectivity index (χ1v) is 12.1. The highest BCUT2D eigenvalue weighted by Gasteiger charge is 2.32. The van der Waals surface area contributed by atoms with E-state index in [1.807, 2.05) is 0 Å². The number of amides is 1. The van der Waals surface area contributed by atoms with E-state index < -0.39 is 21.8 Å². The van der Waals surface area contributed by atoms with Crippen molar-refractivity contribution in [2.45, 2.75) is 31.6 Å². The van der Waals surface area contributed by atoms with Gasteiger partial charge in [0.25, 0.3) is 0 Å². The Morgan fingerprint density at radius 1 is 1.12 bits per heavy atom. The van der Waals surface area contributed by atoms with Gasteiger partial charge in [-0.05, 0) is 67.4 Å². The average Bonchev–Trinajstić information content (AvgIpc) is 3.26.